The van der Waals surface area contributed by atoms with Crippen molar-refractivity contribution in [3.63, 3.8) is 0 Å². The van der Waals surface area contributed by atoms with Crippen molar-refractivity contribution >= 4 is 12.4 Å². The Labute approximate surface area is 127 Å². The first kappa shape index (κ1) is 19.3. The Hall–Kier alpha value is -0.670. The number of hydrogen-bond donors (Lipinski definition) is 1. The molecular weight excluding hydrogens is 280 g/mol. The van der Waals surface area contributed by atoms with Crippen molar-refractivity contribution in [2.75, 3.05) is 6.54 Å². The van der Waals surface area contributed by atoms with E-state index in [-0.39, 0.29) is 12.4 Å². The van der Waals surface area contributed by atoms with E-state index < -0.39 is 11.6 Å². The van der Waals surface area contributed by atoms with Crippen LogP contribution in [-0.2, 0) is 6.54 Å². The van der Waals surface area contributed by atoms with Crippen molar-refractivity contribution in [2.45, 2.75) is 58.4 Å². The van der Waals surface area contributed by atoms with Gasteiger partial charge in [-0.25, -0.2) is 8.78 Å². The third-order valence-electron chi connectivity index (χ3n) is 3.29. The zero-order valence-electron chi connectivity index (χ0n) is 12.3. The predicted octanol–water partition coefficient (Wildman–Crippen LogP) is 5.23. The fourth-order valence-corrected chi connectivity index (χ4v) is 2.10. The lowest BCUT2D eigenvalue weighted by Gasteiger charge is -2.06. The molecule has 0 atom stereocenters. The number of benzene rings is 1. The van der Waals surface area contributed by atoms with E-state index in [9.17, 15) is 8.78 Å². The average Bonchev–Trinajstić information content (AvgIpc) is 2.39. The molecule has 1 nitrogen and oxygen atoms in total. The first-order valence-electron chi connectivity index (χ1n) is 7.38. The van der Waals surface area contributed by atoms with Gasteiger partial charge in [-0.3, -0.25) is 0 Å². The van der Waals surface area contributed by atoms with Crippen molar-refractivity contribution in [2.24, 2.45) is 0 Å². The molecule has 1 N–H and O–H groups in total. The Bertz CT molecular complexity index is 358. The normalized spacial score (nSPS) is 10.3. The van der Waals surface area contributed by atoms with Crippen LogP contribution in [0.4, 0.5) is 8.78 Å². The number of nitrogens with one attached hydrogen (secondary N) is 1. The van der Waals surface area contributed by atoms with Gasteiger partial charge >= 0.3 is 0 Å². The fraction of sp³-hybridized carbons (Fsp3) is 0.625. The average molecular weight is 306 g/mol. The summed E-state index contributed by atoms with van der Waals surface area (Å²) >= 11 is 0. The molecule has 0 spiro atoms. The number of halogens is 3. The van der Waals surface area contributed by atoms with Gasteiger partial charge in [-0.2, -0.15) is 0 Å². The third-order valence-corrected chi connectivity index (χ3v) is 3.29. The highest BCUT2D eigenvalue weighted by atomic mass is 35.5. The second-order valence-electron chi connectivity index (χ2n) is 5.03. The molecule has 0 heterocycles. The zero-order valence-corrected chi connectivity index (χ0v) is 13.1. The molecule has 0 saturated carbocycles. The van der Waals surface area contributed by atoms with Gasteiger partial charge in [-0.15, -0.1) is 12.4 Å². The molecule has 0 aliphatic heterocycles. The number of hydrogen-bond acceptors (Lipinski definition) is 1. The van der Waals surface area contributed by atoms with Crippen molar-refractivity contribution < 1.29 is 8.78 Å². The van der Waals surface area contributed by atoms with Crippen LogP contribution in [0.15, 0.2) is 18.2 Å². The van der Waals surface area contributed by atoms with Crippen LogP contribution in [0.1, 0.15) is 57.4 Å². The number of unbranched alkanes of at least 4 members (excludes halogenated alkanes) is 6. The Kier molecular flexibility index (Phi) is 11.7. The summed E-state index contributed by atoms with van der Waals surface area (Å²) in [5.74, 6) is -0.986. The van der Waals surface area contributed by atoms with Crippen LogP contribution in [0.2, 0.25) is 0 Å². The molecule has 0 fully saturated rings. The maximum Gasteiger partial charge on any atom is 0.130 e. The summed E-state index contributed by atoms with van der Waals surface area (Å²) in [5.41, 5.74) is 0.532. The first-order valence-corrected chi connectivity index (χ1v) is 7.38. The standard InChI is InChI=1S/C16H25F2N.ClH/c1-2-3-4-5-6-7-8-11-19-13-14-9-10-15(17)12-16(14)18;/h9-10,12,19H,2-8,11,13H2,1H3;1H. The third kappa shape index (κ3) is 8.49. The van der Waals surface area contributed by atoms with Crippen molar-refractivity contribution in [3.05, 3.63) is 35.4 Å². The molecule has 0 bridgehead atoms. The molecule has 0 amide bonds. The summed E-state index contributed by atoms with van der Waals surface area (Å²) in [4.78, 5) is 0. The zero-order chi connectivity index (χ0) is 13.9. The summed E-state index contributed by atoms with van der Waals surface area (Å²) in [6.45, 7) is 3.59. The lowest BCUT2D eigenvalue weighted by molar-refractivity contribution is 0.542. The van der Waals surface area contributed by atoms with Crippen LogP contribution in [0.5, 0.6) is 0 Å². The van der Waals surface area contributed by atoms with Gasteiger partial charge in [0.25, 0.3) is 0 Å². The highest BCUT2D eigenvalue weighted by Crippen LogP contribution is 2.09. The van der Waals surface area contributed by atoms with E-state index in [0.29, 0.717) is 12.1 Å². The maximum atomic E-state index is 13.3. The Morgan fingerprint density at radius 3 is 2.25 bits per heavy atom. The summed E-state index contributed by atoms with van der Waals surface area (Å²) < 4.78 is 26.0. The quantitative estimate of drug-likeness (QED) is 0.584. The Morgan fingerprint density at radius 2 is 1.60 bits per heavy atom. The van der Waals surface area contributed by atoms with Gasteiger partial charge in [0.15, 0.2) is 0 Å². The van der Waals surface area contributed by atoms with E-state index in [1.807, 2.05) is 0 Å². The molecule has 0 unspecified atom stereocenters. The van der Waals surface area contributed by atoms with Crippen LogP contribution in [0.3, 0.4) is 0 Å². The minimum atomic E-state index is -0.520. The lowest BCUT2D eigenvalue weighted by Crippen LogP contribution is -2.15. The minimum Gasteiger partial charge on any atom is -0.313 e. The molecule has 20 heavy (non-hydrogen) atoms. The van der Waals surface area contributed by atoms with E-state index >= 15 is 0 Å². The van der Waals surface area contributed by atoms with Crippen LogP contribution < -0.4 is 5.32 Å². The molecule has 1 rings (SSSR count). The van der Waals surface area contributed by atoms with Crippen LogP contribution in [0, 0.1) is 11.6 Å². The van der Waals surface area contributed by atoms with Crippen molar-refractivity contribution in [1.29, 1.82) is 0 Å². The lowest BCUT2D eigenvalue weighted by atomic mass is 10.1. The van der Waals surface area contributed by atoms with E-state index in [1.54, 1.807) is 0 Å². The van der Waals surface area contributed by atoms with Gasteiger partial charge in [-0.1, -0.05) is 51.5 Å². The van der Waals surface area contributed by atoms with Gasteiger partial charge in [0.2, 0.25) is 0 Å². The topological polar surface area (TPSA) is 12.0 Å². The first-order chi connectivity index (χ1) is 9.24. The second-order valence-corrected chi connectivity index (χ2v) is 5.03. The van der Waals surface area contributed by atoms with E-state index in [4.69, 9.17) is 0 Å². The predicted molar refractivity (Wildman–Crippen MR) is 83.3 cm³/mol. The van der Waals surface area contributed by atoms with Crippen LogP contribution in [-0.4, -0.2) is 6.54 Å². The van der Waals surface area contributed by atoms with Gasteiger partial charge < -0.3 is 5.32 Å². The monoisotopic (exact) mass is 305 g/mol. The summed E-state index contributed by atoms with van der Waals surface area (Å²) in [6.07, 6.45) is 8.90. The molecule has 1 aromatic rings. The van der Waals surface area contributed by atoms with Crippen molar-refractivity contribution in [1.82, 2.24) is 5.32 Å². The van der Waals surface area contributed by atoms with Gasteiger partial charge in [0.1, 0.15) is 11.6 Å². The van der Waals surface area contributed by atoms with E-state index in [1.165, 1.54) is 50.7 Å². The van der Waals surface area contributed by atoms with Gasteiger partial charge in [0.05, 0.1) is 0 Å². The second kappa shape index (κ2) is 12.1. The molecule has 1 aromatic carbocycles. The Balaban J connectivity index is 0.00000361. The molecule has 0 aromatic heterocycles. The molecule has 4 heteroatoms. The largest absolute Gasteiger partial charge is 0.313 e. The molecule has 0 aliphatic carbocycles. The number of rotatable bonds is 10. The molecule has 0 aliphatic rings. The Morgan fingerprint density at radius 1 is 0.950 bits per heavy atom. The smallest absolute Gasteiger partial charge is 0.130 e. The van der Waals surface area contributed by atoms with E-state index in [2.05, 4.69) is 12.2 Å². The highest BCUT2D eigenvalue weighted by molar-refractivity contribution is 5.85. The van der Waals surface area contributed by atoms with Crippen molar-refractivity contribution in [3.8, 4) is 0 Å². The maximum absolute atomic E-state index is 13.3. The van der Waals surface area contributed by atoms with Gasteiger partial charge in [-0.05, 0) is 19.0 Å². The minimum absolute atomic E-state index is 0. The summed E-state index contributed by atoms with van der Waals surface area (Å²) in [7, 11) is 0. The molecule has 116 valence electrons. The molecule has 0 radical (unpaired) electrons. The molecular formula is C16H26ClF2N. The molecule has 0 saturated heterocycles. The van der Waals surface area contributed by atoms with E-state index in [0.717, 1.165) is 19.0 Å². The SMILES string of the molecule is CCCCCCCCCNCc1ccc(F)cc1F.Cl. The fourth-order valence-electron chi connectivity index (χ4n) is 2.10. The summed E-state index contributed by atoms with van der Waals surface area (Å²) in [6, 6.07) is 3.74. The van der Waals surface area contributed by atoms with Crippen LogP contribution in [0.25, 0.3) is 0 Å². The summed E-state index contributed by atoms with van der Waals surface area (Å²) in [5, 5.41) is 3.20. The van der Waals surface area contributed by atoms with Gasteiger partial charge in [0, 0.05) is 18.2 Å². The highest BCUT2D eigenvalue weighted by Gasteiger charge is 2.02. The van der Waals surface area contributed by atoms with Crippen LogP contribution >= 0.6 is 12.4 Å².